The van der Waals surface area contributed by atoms with Crippen molar-refractivity contribution in [2.45, 2.75) is 49.8 Å². The summed E-state index contributed by atoms with van der Waals surface area (Å²) < 4.78 is 0.415. The molecule has 0 radical (unpaired) electrons. The minimum Gasteiger partial charge on any atom is -0.508 e. The Labute approximate surface area is 121 Å². The maximum atomic E-state index is 9.98. The number of phenols is 1. The summed E-state index contributed by atoms with van der Waals surface area (Å²) in [5.74, 6) is 0.409. The van der Waals surface area contributed by atoms with E-state index in [1.165, 1.54) is 25.7 Å². The molecule has 0 amide bonds. The Bertz CT molecular complexity index is 401. The second-order valence-corrected chi connectivity index (χ2v) is 6.77. The van der Waals surface area contributed by atoms with Gasteiger partial charge in [-0.2, -0.15) is 11.8 Å². The lowest BCUT2D eigenvalue weighted by molar-refractivity contribution is 0.424. The molecule has 0 heterocycles. The maximum Gasteiger partial charge on any atom is 0.120 e. The largest absolute Gasteiger partial charge is 0.508 e. The predicted octanol–water partition coefficient (Wildman–Crippen LogP) is 4.11. The van der Waals surface area contributed by atoms with Gasteiger partial charge in [0.25, 0.3) is 0 Å². The molecule has 0 bridgehead atoms. The third kappa shape index (κ3) is 3.46. The first-order valence-corrected chi connectivity index (χ1v) is 8.49. The fraction of sp³-hybridized carbons (Fsp3) is 0.625. The summed E-state index contributed by atoms with van der Waals surface area (Å²) in [5.41, 5.74) is 1.03. The molecule has 0 aliphatic heterocycles. The van der Waals surface area contributed by atoms with Gasteiger partial charge in [-0.15, -0.1) is 0 Å². The number of hydrogen-bond acceptors (Lipinski definition) is 3. The fourth-order valence-electron chi connectivity index (χ4n) is 3.04. The Kier molecular flexibility index (Phi) is 5.17. The summed E-state index contributed by atoms with van der Waals surface area (Å²) >= 11 is 2.01. The van der Waals surface area contributed by atoms with E-state index >= 15 is 0 Å². The zero-order chi connectivity index (χ0) is 13.7. The third-order valence-corrected chi connectivity index (χ3v) is 5.76. The molecule has 0 spiro atoms. The fourth-order valence-corrected chi connectivity index (χ4v) is 3.96. The molecule has 3 heteroatoms. The topological polar surface area (TPSA) is 32.3 Å². The SMILES string of the molecule is CCC(NCC1(SC)CCCC1)c1ccccc1O. The summed E-state index contributed by atoms with van der Waals surface area (Å²) in [5, 5.41) is 13.7. The van der Waals surface area contributed by atoms with E-state index in [9.17, 15) is 5.11 Å². The van der Waals surface area contributed by atoms with Crippen LogP contribution in [0, 0.1) is 0 Å². The Morgan fingerprint density at radius 1 is 1.32 bits per heavy atom. The molecule has 0 saturated heterocycles. The van der Waals surface area contributed by atoms with E-state index in [-0.39, 0.29) is 6.04 Å². The summed E-state index contributed by atoms with van der Waals surface area (Å²) in [6, 6.07) is 7.94. The van der Waals surface area contributed by atoms with Gasteiger partial charge in [-0.3, -0.25) is 0 Å². The highest BCUT2D eigenvalue weighted by Crippen LogP contribution is 2.40. The molecule has 1 aromatic carbocycles. The minimum absolute atomic E-state index is 0.255. The molecular formula is C16H25NOS. The highest BCUT2D eigenvalue weighted by molar-refractivity contribution is 8.00. The maximum absolute atomic E-state index is 9.98. The van der Waals surface area contributed by atoms with Crippen LogP contribution in [0.2, 0.25) is 0 Å². The molecule has 1 fully saturated rings. The molecule has 1 atom stereocenters. The number of benzene rings is 1. The summed E-state index contributed by atoms with van der Waals surface area (Å²) in [6.45, 7) is 3.21. The van der Waals surface area contributed by atoms with Crippen LogP contribution in [0.4, 0.5) is 0 Å². The average molecular weight is 279 g/mol. The van der Waals surface area contributed by atoms with E-state index < -0.39 is 0 Å². The van der Waals surface area contributed by atoms with Gasteiger partial charge in [0, 0.05) is 22.9 Å². The highest BCUT2D eigenvalue weighted by atomic mass is 32.2. The number of phenolic OH excluding ortho intramolecular Hbond substituents is 1. The number of hydrogen-bond donors (Lipinski definition) is 2. The van der Waals surface area contributed by atoms with E-state index in [0.717, 1.165) is 18.5 Å². The van der Waals surface area contributed by atoms with E-state index in [1.807, 2.05) is 30.0 Å². The molecule has 2 nitrogen and oxygen atoms in total. The Morgan fingerprint density at radius 2 is 2.00 bits per heavy atom. The standard InChI is InChI=1S/C16H25NOS/c1-3-14(13-8-4-5-9-15(13)18)17-12-16(19-2)10-6-7-11-16/h4-5,8-9,14,17-18H,3,6-7,10-12H2,1-2H3. The predicted molar refractivity (Wildman–Crippen MR) is 83.9 cm³/mol. The molecule has 1 aliphatic carbocycles. The lowest BCUT2D eigenvalue weighted by atomic mass is 10.0. The van der Waals surface area contributed by atoms with Gasteiger partial charge in [0.05, 0.1) is 0 Å². The molecule has 2 N–H and O–H groups in total. The third-order valence-electron chi connectivity index (χ3n) is 4.34. The van der Waals surface area contributed by atoms with E-state index in [1.54, 1.807) is 6.07 Å². The van der Waals surface area contributed by atoms with Crippen molar-refractivity contribution in [1.29, 1.82) is 0 Å². The minimum atomic E-state index is 0.255. The van der Waals surface area contributed by atoms with Crippen molar-refractivity contribution in [2.75, 3.05) is 12.8 Å². The number of thioether (sulfide) groups is 1. The summed E-state index contributed by atoms with van der Waals surface area (Å²) in [7, 11) is 0. The smallest absolute Gasteiger partial charge is 0.120 e. The zero-order valence-corrected chi connectivity index (χ0v) is 12.8. The van der Waals surface area contributed by atoms with Crippen molar-refractivity contribution in [3.63, 3.8) is 0 Å². The highest BCUT2D eigenvalue weighted by Gasteiger charge is 2.33. The van der Waals surface area contributed by atoms with Crippen LogP contribution >= 0.6 is 11.8 Å². The normalized spacial score (nSPS) is 19.5. The second kappa shape index (κ2) is 6.67. The van der Waals surface area contributed by atoms with Crippen molar-refractivity contribution in [3.8, 4) is 5.75 Å². The van der Waals surface area contributed by atoms with Crippen LogP contribution in [0.25, 0.3) is 0 Å². The zero-order valence-electron chi connectivity index (χ0n) is 12.0. The van der Waals surface area contributed by atoms with Crippen LogP contribution < -0.4 is 5.32 Å². The number of rotatable bonds is 6. The van der Waals surface area contributed by atoms with Crippen LogP contribution in [0.1, 0.15) is 50.6 Å². The Morgan fingerprint density at radius 3 is 2.58 bits per heavy atom. The van der Waals surface area contributed by atoms with E-state index in [4.69, 9.17) is 0 Å². The van der Waals surface area contributed by atoms with Gasteiger partial charge in [0.1, 0.15) is 5.75 Å². The first-order chi connectivity index (χ1) is 9.21. The molecule has 1 saturated carbocycles. The molecule has 1 aromatic rings. The van der Waals surface area contributed by atoms with E-state index in [2.05, 4.69) is 18.5 Å². The molecule has 19 heavy (non-hydrogen) atoms. The van der Waals surface area contributed by atoms with Gasteiger partial charge in [0.15, 0.2) is 0 Å². The van der Waals surface area contributed by atoms with Gasteiger partial charge < -0.3 is 10.4 Å². The van der Waals surface area contributed by atoms with Gasteiger partial charge >= 0.3 is 0 Å². The summed E-state index contributed by atoms with van der Waals surface area (Å²) in [4.78, 5) is 0. The first kappa shape index (κ1) is 14.7. The van der Waals surface area contributed by atoms with Gasteiger partial charge in [-0.1, -0.05) is 38.0 Å². The van der Waals surface area contributed by atoms with Crippen LogP contribution in [0.5, 0.6) is 5.75 Å². The van der Waals surface area contributed by atoms with Crippen molar-refractivity contribution >= 4 is 11.8 Å². The van der Waals surface area contributed by atoms with Crippen LogP contribution in [0.15, 0.2) is 24.3 Å². The van der Waals surface area contributed by atoms with Crippen LogP contribution in [0.3, 0.4) is 0 Å². The van der Waals surface area contributed by atoms with Crippen molar-refractivity contribution in [2.24, 2.45) is 0 Å². The number of nitrogens with one attached hydrogen (secondary N) is 1. The molecule has 1 aliphatic rings. The second-order valence-electron chi connectivity index (χ2n) is 5.49. The van der Waals surface area contributed by atoms with Gasteiger partial charge in [0.2, 0.25) is 0 Å². The summed E-state index contributed by atoms with van der Waals surface area (Å²) in [6.07, 6.45) is 8.58. The van der Waals surface area contributed by atoms with Crippen molar-refractivity contribution in [1.82, 2.24) is 5.32 Å². The molecule has 1 unspecified atom stereocenters. The lowest BCUT2D eigenvalue weighted by Crippen LogP contribution is -2.37. The first-order valence-electron chi connectivity index (χ1n) is 7.27. The van der Waals surface area contributed by atoms with E-state index in [0.29, 0.717) is 10.5 Å². The molecule has 0 aromatic heterocycles. The van der Waals surface area contributed by atoms with Crippen molar-refractivity contribution in [3.05, 3.63) is 29.8 Å². The number of aromatic hydroxyl groups is 1. The van der Waals surface area contributed by atoms with Crippen LogP contribution in [-0.2, 0) is 0 Å². The monoisotopic (exact) mass is 279 g/mol. The molecule has 106 valence electrons. The quantitative estimate of drug-likeness (QED) is 0.822. The van der Waals surface area contributed by atoms with Gasteiger partial charge in [-0.05, 0) is 31.6 Å². The van der Waals surface area contributed by atoms with Crippen LogP contribution in [-0.4, -0.2) is 22.7 Å². The van der Waals surface area contributed by atoms with Gasteiger partial charge in [-0.25, -0.2) is 0 Å². The van der Waals surface area contributed by atoms with Crippen molar-refractivity contribution < 1.29 is 5.11 Å². The Hall–Kier alpha value is -0.670. The lowest BCUT2D eigenvalue weighted by Gasteiger charge is -2.30. The molecular weight excluding hydrogens is 254 g/mol. The number of para-hydroxylation sites is 1. The molecule has 2 rings (SSSR count). The average Bonchev–Trinajstić information content (AvgIpc) is 2.91. The Balaban J connectivity index is 2.02.